The second-order valence-corrected chi connectivity index (χ2v) is 52.3. The quantitative estimate of drug-likeness (QED) is 0.00655. The van der Waals surface area contributed by atoms with Gasteiger partial charge in [-0.2, -0.15) is 0 Å². The lowest BCUT2D eigenvalue weighted by atomic mass is 9.99. The maximum absolute atomic E-state index is 13.6. The molecule has 147 heavy (non-hydrogen) atoms. The van der Waals surface area contributed by atoms with Gasteiger partial charge in [-0.15, -0.1) is 46.4 Å². The molecule has 5 aliphatic rings. The van der Waals surface area contributed by atoms with Crippen molar-refractivity contribution < 1.29 is 146 Å². The number of hydrogen-bond acceptors (Lipinski definition) is 42. The maximum atomic E-state index is 13.6. The van der Waals surface area contributed by atoms with Gasteiger partial charge in [0.05, 0.1) is 77.3 Å². The summed E-state index contributed by atoms with van der Waals surface area (Å²) in [7, 11) is -16.6. The summed E-state index contributed by atoms with van der Waals surface area (Å²) < 4.78 is 151. The number of rotatable bonds is 43. The van der Waals surface area contributed by atoms with Crippen LogP contribution in [0.5, 0.6) is 0 Å². The predicted octanol–water partition coefficient (Wildman–Crippen LogP) is 8.21. The molecular weight excluding hydrogens is 2170 g/mol. The topological polar surface area (TPSA) is 661 Å². The normalized spacial score (nSPS) is 27.4. The number of aromatic nitrogens is 8. The van der Waals surface area contributed by atoms with Gasteiger partial charge in [-0.3, -0.25) is 132 Å². The predicted molar refractivity (Wildman–Crippen MR) is 542 cm³/mol. The third-order valence-electron chi connectivity index (χ3n) is 21.0. The molecule has 10 N–H and O–H groups in total. The van der Waals surface area contributed by atoms with Crippen LogP contribution in [0.3, 0.4) is 0 Å². The first-order chi connectivity index (χ1) is 67.6. The molecular formula is C86H135Cl4N11O39P4S3. The van der Waals surface area contributed by atoms with Gasteiger partial charge in [-0.25, -0.2) is 52.7 Å². The van der Waals surface area contributed by atoms with Gasteiger partial charge in [0, 0.05) is 89.0 Å². The number of phosphoric acid groups is 1. The first-order valence-electron chi connectivity index (χ1n) is 46.2. The summed E-state index contributed by atoms with van der Waals surface area (Å²) in [6, 6.07) is 1.17. The first kappa shape index (κ1) is 130. The number of fused-ring (bicyclic) bond motifs is 1. The zero-order chi connectivity index (χ0) is 111. The second-order valence-electron chi connectivity index (χ2n) is 38.9. The van der Waals surface area contributed by atoms with E-state index >= 15 is 0 Å². The minimum atomic E-state index is -4.23. The molecule has 4 aromatic rings. The van der Waals surface area contributed by atoms with Crippen LogP contribution in [0.1, 0.15) is 204 Å². The average molecular weight is 2310 g/mol. The molecule has 5 aliphatic heterocycles. The second kappa shape index (κ2) is 54.9. The van der Waals surface area contributed by atoms with Gasteiger partial charge in [-0.05, 0) is 110 Å². The van der Waals surface area contributed by atoms with Crippen molar-refractivity contribution in [3.63, 3.8) is 0 Å². The smallest absolute Gasteiger partial charge is 0.463 e. The average Bonchev–Trinajstić information content (AvgIpc) is 1.59. The van der Waals surface area contributed by atoms with Crippen molar-refractivity contribution in [1.82, 2.24) is 53.5 Å². The van der Waals surface area contributed by atoms with Crippen molar-refractivity contribution in [2.24, 2.45) is 16.2 Å². The van der Waals surface area contributed by atoms with Crippen molar-refractivity contribution in [2.45, 2.75) is 315 Å². The van der Waals surface area contributed by atoms with Crippen LogP contribution in [-0.4, -0.2) is 274 Å². The van der Waals surface area contributed by atoms with Crippen molar-refractivity contribution >= 4 is 152 Å². The Balaban J connectivity index is 0.000000301. The molecule has 0 saturated carbocycles. The Morgan fingerprint density at radius 3 is 0.952 bits per heavy atom. The van der Waals surface area contributed by atoms with Crippen LogP contribution in [0.2, 0.25) is 0 Å². The molecule has 0 spiro atoms. The van der Waals surface area contributed by atoms with Crippen molar-refractivity contribution in [2.75, 3.05) is 70.1 Å². The number of aromatic amines is 4. The molecule has 1 unspecified atom stereocenters. The minimum absolute atomic E-state index is 0.0511. The SMILES string of the molecule is CC(C)OC(=O)CCCOP1(=O)OC[C@H]2O[C@@H](n3ccc(=O)[nH]c3=O)[C@](C)(Cl)[C@@H]2O1.CC(C)OC(=O)[C@@H](C)N[P@@](=O)(OCCSC(=O)C(C)(C)C)OC[C@H]1O[C@@H](n2ccc(=O)[nH]c2=O)[C@](C)(Cl)[C@@H]1O.CC(C)OC(=O)[C@@H](C)N[P@](=O)(OCCSC(=O)C(C)(C)C)OC[C@H]1O[C@@H](n2ccc(=O)[nH]c2=O)[C@](C)(Cl)[C@@H]1O.CC(C)OC(=O)[C@H](C)N[P@](=O)(OCCSC(=O)C(C)(C)C)OC[C@H]1O[C@@H](n2ccc(=O)[nH]c2=O)[C@](C)(Cl)[C@@H]1O. The number of hydrogen-bond donors (Lipinski definition) is 10. The summed E-state index contributed by atoms with van der Waals surface area (Å²) in [5.41, 5.74) is -7.26. The third kappa shape index (κ3) is 38.2. The van der Waals surface area contributed by atoms with E-state index in [2.05, 4.69) is 35.2 Å². The lowest BCUT2D eigenvalue weighted by Crippen LogP contribution is -2.45. The Morgan fingerprint density at radius 1 is 0.435 bits per heavy atom. The fraction of sp³-hybridized carbons (Fsp3) is 0.733. The van der Waals surface area contributed by atoms with E-state index in [4.69, 9.17) is 125 Å². The fourth-order valence-electron chi connectivity index (χ4n) is 13.4. The molecule has 9 rings (SSSR count). The number of thioether (sulfide) groups is 3. The van der Waals surface area contributed by atoms with Crippen LogP contribution in [0.25, 0.3) is 0 Å². The van der Waals surface area contributed by atoms with E-state index in [0.29, 0.717) is 0 Å². The number of carbonyl (C=O) groups is 7. The monoisotopic (exact) mass is 2310 g/mol. The van der Waals surface area contributed by atoms with Crippen molar-refractivity contribution in [3.05, 3.63) is 132 Å². The molecule has 5 fully saturated rings. The van der Waals surface area contributed by atoms with Crippen LogP contribution in [0.4, 0.5) is 0 Å². The van der Waals surface area contributed by atoms with Crippen LogP contribution in [0.15, 0.2) is 87.4 Å². The Hall–Kier alpha value is -6.02. The van der Waals surface area contributed by atoms with Gasteiger partial charge < -0.3 is 53.2 Å². The molecule has 0 aromatic carbocycles. The van der Waals surface area contributed by atoms with E-state index in [1.54, 1.807) is 125 Å². The molecule has 0 aliphatic carbocycles. The Labute approximate surface area is 879 Å². The number of phosphoric ester groups is 1. The van der Waals surface area contributed by atoms with Crippen LogP contribution in [0, 0.1) is 16.2 Å². The summed E-state index contributed by atoms with van der Waals surface area (Å²) in [6.07, 6.45) is -10.3. The Kier molecular flexibility index (Phi) is 48.4. The Morgan fingerprint density at radius 2 is 0.701 bits per heavy atom. The molecule has 61 heteroatoms. The highest BCUT2D eigenvalue weighted by atomic mass is 35.5. The van der Waals surface area contributed by atoms with Crippen LogP contribution >= 0.6 is 113 Å². The zero-order valence-electron chi connectivity index (χ0n) is 85.6. The van der Waals surface area contributed by atoms with Crippen molar-refractivity contribution in [1.29, 1.82) is 0 Å². The van der Waals surface area contributed by atoms with E-state index in [1.807, 2.05) is 0 Å². The molecule has 0 amide bonds. The minimum Gasteiger partial charge on any atom is -0.463 e. The number of aliphatic hydroxyl groups excluding tert-OH is 3. The lowest BCUT2D eigenvalue weighted by molar-refractivity contribution is -0.150. The maximum Gasteiger partial charge on any atom is 0.475 e. The molecule has 0 bridgehead atoms. The van der Waals surface area contributed by atoms with E-state index < -0.39 is 260 Å². The number of alkyl halides is 4. The molecule has 50 nitrogen and oxygen atoms in total. The molecule has 9 heterocycles. The van der Waals surface area contributed by atoms with E-state index in [1.165, 1.54) is 66.3 Å². The third-order valence-corrected chi connectivity index (χ3v) is 33.0. The van der Waals surface area contributed by atoms with Gasteiger partial charge >= 0.3 is 77.7 Å². The molecule has 0 radical (unpaired) electrons. The molecule has 4 aromatic heterocycles. The lowest BCUT2D eigenvalue weighted by Gasteiger charge is -2.34. The number of halogens is 4. The van der Waals surface area contributed by atoms with E-state index in [0.717, 1.165) is 77.8 Å². The number of H-pyrrole nitrogens is 4. The number of carbonyl (C=O) groups excluding carboxylic acids is 7. The standard InChI is InChI=1S/3C23H37ClN3O10PS.C17H24ClN2O9P/c3*1-13(2)36-18(30)14(3)26-38(33,34-10-11-39-20(31)22(4,5)6)35-12-15-17(29)23(7,24)19(37-15)27-9-8-16(28)25-21(27)32;1-10(2)27-13(22)5-4-8-25-30(24)26-9-11-14(29-30)17(3,18)15(28-11)20-7-6-12(21)19-16(20)23/h3*8-9,13-15,17,19,29H,10-12H2,1-7H3,(H,26,33)(H,25,28,32);6-7,10-11,14-15H,4-5,8-9H2,1-3H3,(H,19,21,23)/t14-,15+,17+,19+,23+,38-;14-,15-,17-,19-,23-,38+;14-,15-,17-,19-,23-,38-;11-,14-,15-,17-,30?/m0111/s1. The highest BCUT2D eigenvalue weighted by Crippen LogP contribution is 2.61. The van der Waals surface area contributed by atoms with E-state index in [9.17, 15) is 105 Å². The number of nitrogens with zero attached hydrogens (tertiary/aromatic N) is 4. The molecule has 5 saturated heterocycles. The summed E-state index contributed by atoms with van der Waals surface area (Å²) in [5.74, 6) is -1.99. The molecule has 23 atom stereocenters. The van der Waals surface area contributed by atoms with Gasteiger partial charge in [0.25, 0.3) is 22.2 Å². The highest BCUT2D eigenvalue weighted by molar-refractivity contribution is 8.14. The number of aliphatic hydroxyl groups is 3. The van der Waals surface area contributed by atoms with Crippen molar-refractivity contribution in [3.8, 4) is 0 Å². The van der Waals surface area contributed by atoms with Crippen LogP contribution in [-0.2, 0) is 130 Å². The fourth-order valence-corrected chi connectivity index (χ4v) is 23.3. The summed E-state index contributed by atoms with van der Waals surface area (Å²) in [6.45, 7) is 37.3. The summed E-state index contributed by atoms with van der Waals surface area (Å²) >= 11 is 29.2. The van der Waals surface area contributed by atoms with E-state index in [-0.39, 0.29) is 90.6 Å². The first-order valence-corrected chi connectivity index (χ1v) is 56.8. The summed E-state index contributed by atoms with van der Waals surface area (Å²) in [5, 5.41) is 39.7. The summed E-state index contributed by atoms with van der Waals surface area (Å²) in [4.78, 5) is 182. The number of nitrogens with one attached hydrogen (secondary N) is 7. The Bertz CT molecular complexity index is 5450. The van der Waals surface area contributed by atoms with Gasteiger partial charge in [-0.1, -0.05) is 97.6 Å². The van der Waals surface area contributed by atoms with Gasteiger partial charge in [0.2, 0.25) is 0 Å². The largest absolute Gasteiger partial charge is 0.475 e. The molecule has 834 valence electrons. The van der Waals surface area contributed by atoms with Gasteiger partial charge in [0.1, 0.15) is 86.5 Å². The number of ether oxygens (including phenoxy) is 8. The van der Waals surface area contributed by atoms with Crippen LogP contribution < -0.4 is 60.3 Å². The van der Waals surface area contributed by atoms with Gasteiger partial charge in [0.15, 0.2) is 40.3 Å². The zero-order valence-corrected chi connectivity index (χ0v) is 94.7. The number of esters is 4. The highest BCUT2D eigenvalue weighted by Gasteiger charge is 2.62.